The van der Waals surface area contributed by atoms with Gasteiger partial charge in [-0.1, -0.05) is 6.92 Å². The zero-order valence-corrected chi connectivity index (χ0v) is 9.64. The Morgan fingerprint density at radius 2 is 2.07 bits per heavy atom. The second-order valence-electron chi connectivity index (χ2n) is 2.96. The lowest BCUT2D eigenvalue weighted by Gasteiger charge is -2.20. The Morgan fingerprint density at radius 1 is 1.43 bits per heavy atom. The van der Waals surface area contributed by atoms with Gasteiger partial charge in [0.2, 0.25) is 11.8 Å². The highest BCUT2D eigenvalue weighted by Crippen LogP contribution is 1.97. The van der Waals surface area contributed by atoms with Crippen molar-refractivity contribution in [1.82, 2.24) is 10.2 Å². The first kappa shape index (κ1) is 13.3. The van der Waals surface area contributed by atoms with E-state index in [2.05, 4.69) is 17.9 Å². The van der Waals surface area contributed by atoms with Crippen molar-refractivity contribution >= 4 is 24.4 Å². The maximum absolute atomic E-state index is 11.5. The molecule has 5 heteroatoms. The van der Waals surface area contributed by atoms with Crippen LogP contribution in [0.2, 0.25) is 0 Å². The highest BCUT2D eigenvalue weighted by Gasteiger charge is 2.14. The second-order valence-corrected chi connectivity index (χ2v) is 3.41. The van der Waals surface area contributed by atoms with Crippen molar-refractivity contribution in [2.24, 2.45) is 0 Å². The highest BCUT2D eigenvalue weighted by molar-refractivity contribution is 7.80. The number of nitrogens with one attached hydrogen (secondary N) is 1. The molecule has 0 rings (SSSR count). The van der Waals surface area contributed by atoms with Gasteiger partial charge in [-0.05, 0) is 12.2 Å². The number of amides is 2. The van der Waals surface area contributed by atoms with E-state index in [9.17, 15) is 9.59 Å². The lowest BCUT2D eigenvalue weighted by Crippen LogP contribution is -2.40. The molecule has 0 saturated heterocycles. The molecule has 2 amide bonds. The van der Waals surface area contributed by atoms with Gasteiger partial charge < -0.3 is 10.2 Å². The van der Waals surface area contributed by atoms with Gasteiger partial charge in [-0.3, -0.25) is 9.59 Å². The van der Waals surface area contributed by atoms with E-state index in [1.165, 1.54) is 0 Å². The number of thiol groups is 1. The summed E-state index contributed by atoms with van der Waals surface area (Å²) >= 11 is 3.99. The first-order valence-electron chi connectivity index (χ1n) is 4.74. The molecular weight excluding hydrogens is 200 g/mol. The lowest BCUT2D eigenvalue weighted by molar-refractivity contribution is -0.135. The van der Waals surface area contributed by atoms with Gasteiger partial charge >= 0.3 is 0 Å². The van der Waals surface area contributed by atoms with Crippen LogP contribution in [-0.4, -0.2) is 42.6 Å². The molecule has 0 aliphatic heterocycles. The lowest BCUT2D eigenvalue weighted by atomic mass is 10.3. The molecule has 0 aromatic heterocycles. The minimum absolute atomic E-state index is 0.00884. The Balaban J connectivity index is 4.13. The molecule has 0 atom stereocenters. The van der Waals surface area contributed by atoms with Crippen LogP contribution in [0.5, 0.6) is 0 Å². The van der Waals surface area contributed by atoms with Crippen LogP contribution < -0.4 is 5.32 Å². The molecule has 0 unspecified atom stereocenters. The molecule has 0 aromatic rings. The van der Waals surface area contributed by atoms with E-state index in [1.54, 1.807) is 11.9 Å². The third-order valence-corrected chi connectivity index (χ3v) is 2.01. The fourth-order valence-corrected chi connectivity index (χ4v) is 1.26. The Morgan fingerprint density at radius 3 is 2.50 bits per heavy atom. The van der Waals surface area contributed by atoms with Crippen LogP contribution in [0, 0.1) is 0 Å². The summed E-state index contributed by atoms with van der Waals surface area (Å²) in [7, 11) is 1.57. The molecule has 0 aliphatic carbocycles. The summed E-state index contributed by atoms with van der Waals surface area (Å²) in [6, 6.07) is 0. The maximum Gasteiger partial charge on any atom is 0.239 e. The van der Waals surface area contributed by atoms with Gasteiger partial charge in [0.25, 0.3) is 0 Å². The van der Waals surface area contributed by atoms with Crippen molar-refractivity contribution < 1.29 is 9.59 Å². The van der Waals surface area contributed by atoms with Crippen molar-refractivity contribution in [3.05, 3.63) is 0 Å². The van der Waals surface area contributed by atoms with Crippen molar-refractivity contribution in [3.8, 4) is 0 Å². The molecule has 1 N–H and O–H groups in total. The van der Waals surface area contributed by atoms with Gasteiger partial charge in [-0.25, -0.2) is 0 Å². The number of carbonyl (C=O) groups is 2. The summed E-state index contributed by atoms with van der Waals surface area (Å²) in [6.07, 6.45) is 1.25. The van der Waals surface area contributed by atoms with E-state index >= 15 is 0 Å². The predicted molar refractivity (Wildman–Crippen MR) is 59.4 cm³/mol. The van der Waals surface area contributed by atoms with Crippen LogP contribution in [0.1, 0.15) is 19.8 Å². The van der Waals surface area contributed by atoms with Crippen molar-refractivity contribution in [2.75, 3.05) is 25.9 Å². The normalized spacial score (nSPS) is 9.64. The summed E-state index contributed by atoms with van der Waals surface area (Å²) in [5, 5.41) is 2.50. The first-order chi connectivity index (χ1) is 6.65. The first-order valence-corrected chi connectivity index (χ1v) is 5.38. The molecule has 0 radical (unpaired) electrons. The maximum atomic E-state index is 11.5. The van der Waals surface area contributed by atoms with E-state index in [0.717, 1.165) is 6.42 Å². The Bertz CT molecular complexity index is 197. The van der Waals surface area contributed by atoms with Gasteiger partial charge in [-0.15, -0.1) is 0 Å². The van der Waals surface area contributed by atoms with Gasteiger partial charge in [0, 0.05) is 20.0 Å². The van der Waals surface area contributed by atoms with Crippen LogP contribution in [0.15, 0.2) is 0 Å². The number of hydrogen-bond donors (Lipinski definition) is 2. The molecule has 0 aromatic carbocycles. The van der Waals surface area contributed by atoms with E-state index < -0.39 is 0 Å². The molecule has 0 saturated carbocycles. The Labute approximate surface area is 90.4 Å². The van der Waals surface area contributed by atoms with Crippen molar-refractivity contribution in [3.63, 3.8) is 0 Å². The van der Waals surface area contributed by atoms with E-state index in [0.29, 0.717) is 18.7 Å². The highest BCUT2D eigenvalue weighted by atomic mass is 32.1. The van der Waals surface area contributed by atoms with Crippen LogP contribution in [-0.2, 0) is 9.59 Å². The zero-order chi connectivity index (χ0) is 11.0. The average molecular weight is 218 g/mol. The summed E-state index contributed by atoms with van der Waals surface area (Å²) < 4.78 is 0. The molecule has 0 spiro atoms. The molecule has 14 heavy (non-hydrogen) atoms. The summed E-state index contributed by atoms with van der Waals surface area (Å²) in [5.74, 6) is 0.378. The van der Waals surface area contributed by atoms with Crippen LogP contribution in [0.3, 0.4) is 0 Å². The molecular formula is C9H18N2O2S. The topological polar surface area (TPSA) is 49.4 Å². The fourth-order valence-electron chi connectivity index (χ4n) is 1.07. The van der Waals surface area contributed by atoms with E-state index in [4.69, 9.17) is 0 Å². The predicted octanol–water partition coefficient (Wildman–Crippen LogP) is 0.291. The minimum atomic E-state index is -0.133. The summed E-state index contributed by atoms with van der Waals surface area (Å²) in [5.41, 5.74) is 0. The molecule has 0 bridgehead atoms. The third kappa shape index (κ3) is 5.11. The van der Waals surface area contributed by atoms with Gasteiger partial charge in [-0.2, -0.15) is 12.6 Å². The van der Waals surface area contributed by atoms with Gasteiger partial charge in [0.15, 0.2) is 0 Å². The number of rotatable bonds is 6. The molecule has 82 valence electrons. The second kappa shape index (κ2) is 7.67. The number of likely N-dealkylation sites (N-methyl/N-ethyl adjacent to an activating group) is 1. The van der Waals surface area contributed by atoms with Crippen LogP contribution in [0.25, 0.3) is 0 Å². The van der Waals surface area contributed by atoms with Crippen LogP contribution in [0.4, 0.5) is 0 Å². The zero-order valence-electron chi connectivity index (χ0n) is 8.75. The molecule has 0 fully saturated rings. The quantitative estimate of drug-likeness (QED) is 0.630. The third-order valence-electron chi connectivity index (χ3n) is 1.79. The summed E-state index contributed by atoms with van der Waals surface area (Å²) in [6.45, 7) is 2.75. The number of carbonyl (C=O) groups excluding carboxylic acids is 2. The van der Waals surface area contributed by atoms with Crippen molar-refractivity contribution in [1.29, 1.82) is 0 Å². The Hall–Kier alpha value is -0.710. The summed E-state index contributed by atoms with van der Waals surface area (Å²) in [4.78, 5) is 24.1. The molecule has 0 aliphatic rings. The minimum Gasteiger partial charge on any atom is -0.358 e. The monoisotopic (exact) mass is 218 g/mol. The number of hydrogen-bond acceptors (Lipinski definition) is 3. The van der Waals surface area contributed by atoms with E-state index in [-0.39, 0.29) is 18.4 Å². The van der Waals surface area contributed by atoms with E-state index in [1.807, 2.05) is 6.92 Å². The average Bonchev–Trinajstić information content (AvgIpc) is 2.17. The number of nitrogens with zero attached hydrogens (tertiary/aromatic N) is 1. The Kier molecular flexibility index (Phi) is 7.28. The van der Waals surface area contributed by atoms with Crippen LogP contribution >= 0.6 is 12.6 Å². The standard InChI is InChI=1S/C9H18N2O2S/c1-3-5-11(7-8(12)10-2)9(13)4-6-14/h14H,3-7H2,1-2H3,(H,10,12). The fraction of sp³-hybridized carbons (Fsp3) is 0.778. The largest absolute Gasteiger partial charge is 0.358 e. The molecule has 0 heterocycles. The SMILES string of the molecule is CCCN(CC(=O)NC)C(=O)CCS. The van der Waals surface area contributed by atoms with Gasteiger partial charge in [0.1, 0.15) is 0 Å². The smallest absolute Gasteiger partial charge is 0.239 e. The molecule has 4 nitrogen and oxygen atoms in total. The van der Waals surface area contributed by atoms with Crippen molar-refractivity contribution in [2.45, 2.75) is 19.8 Å². The van der Waals surface area contributed by atoms with Gasteiger partial charge in [0.05, 0.1) is 6.54 Å².